The van der Waals surface area contributed by atoms with E-state index in [0.29, 0.717) is 38.9 Å². The number of nitriles is 2. The predicted molar refractivity (Wildman–Crippen MR) is 113 cm³/mol. The number of nitrogens with zero attached hydrogens (tertiary/aromatic N) is 3. The molecule has 0 bridgehead atoms. The predicted octanol–water partition coefficient (Wildman–Crippen LogP) is 5.61. The van der Waals surface area contributed by atoms with Crippen molar-refractivity contribution in [2.45, 2.75) is 13.8 Å². The monoisotopic (exact) mass is 398 g/mol. The number of halogens is 1. The van der Waals surface area contributed by atoms with Crippen LogP contribution in [0.15, 0.2) is 46.4 Å². The summed E-state index contributed by atoms with van der Waals surface area (Å²) in [5.41, 5.74) is 11.1. The number of furan rings is 1. The lowest BCUT2D eigenvalue weighted by molar-refractivity contribution is 0.572. The van der Waals surface area contributed by atoms with Crippen molar-refractivity contribution in [1.82, 2.24) is 4.98 Å². The van der Waals surface area contributed by atoms with Crippen molar-refractivity contribution in [3.05, 3.63) is 75.1 Å². The summed E-state index contributed by atoms with van der Waals surface area (Å²) >= 11 is 6.07. The van der Waals surface area contributed by atoms with Crippen molar-refractivity contribution in [2.24, 2.45) is 0 Å². The van der Waals surface area contributed by atoms with E-state index in [2.05, 4.69) is 17.1 Å². The minimum atomic E-state index is 0.131. The Kier molecular flexibility index (Phi) is 4.47. The second-order valence-corrected chi connectivity index (χ2v) is 7.15. The summed E-state index contributed by atoms with van der Waals surface area (Å²) in [6.07, 6.45) is 1.86. The largest absolute Gasteiger partial charge is 0.457 e. The molecule has 5 nitrogen and oxygen atoms in total. The molecule has 1 aliphatic rings. The Morgan fingerprint density at radius 3 is 2.62 bits per heavy atom. The molecule has 0 amide bonds. The number of aromatic nitrogens is 1. The second kappa shape index (κ2) is 6.98. The molecule has 0 spiro atoms. The molecule has 2 aromatic heterocycles. The fourth-order valence-electron chi connectivity index (χ4n) is 3.57. The molecule has 0 unspecified atom stereocenters. The maximum Gasteiger partial charge on any atom is 0.142 e. The van der Waals surface area contributed by atoms with Gasteiger partial charge in [0.2, 0.25) is 0 Å². The third-order valence-electron chi connectivity index (χ3n) is 5.01. The zero-order chi connectivity index (χ0) is 20.7. The first-order valence-electron chi connectivity index (χ1n) is 8.84. The Labute approximate surface area is 173 Å². The van der Waals surface area contributed by atoms with Crippen LogP contribution in [-0.2, 0) is 0 Å². The number of benzene rings is 1. The molecule has 0 saturated heterocycles. The van der Waals surface area contributed by atoms with Crippen LogP contribution in [0, 0.1) is 29.6 Å². The van der Waals surface area contributed by atoms with E-state index in [1.54, 1.807) is 6.07 Å². The lowest BCUT2D eigenvalue weighted by Gasteiger charge is -2.10. The van der Waals surface area contributed by atoms with E-state index in [4.69, 9.17) is 21.8 Å². The van der Waals surface area contributed by atoms with Gasteiger partial charge in [0.15, 0.2) is 0 Å². The average molecular weight is 399 g/mol. The van der Waals surface area contributed by atoms with Crippen LogP contribution in [0.1, 0.15) is 35.1 Å². The summed E-state index contributed by atoms with van der Waals surface area (Å²) in [4.78, 5) is 4.33. The number of fused-ring (bicyclic) bond motifs is 1. The molecule has 29 heavy (non-hydrogen) atoms. The minimum Gasteiger partial charge on any atom is -0.457 e. The fourth-order valence-corrected chi connectivity index (χ4v) is 3.76. The van der Waals surface area contributed by atoms with Crippen LogP contribution in [0.5, 0.6) is 0 Å². The molecule has 6 heteroatoms. The van der Waals surface area contributed by atoms with Gasteiger partial charge in [-0.1, -0.05) is 23.7 Å². The molecule has 2 N–H and O–H groups in total. The molecule has 4 rings (SSSR count). The van der Waals surface area contributed by atoms with Crippen molar-refractivity contribution >= 4 is 34.6 Å². The highest BCUT2D eigenvalue weighted by molar-refractivity contribution is 6.30. The smallest absolute Gasteiger partial charge is 0.142 e. The molecule has 140 valence electrons. The third-order valence-corrected chi connectivity index (χ3v) is 5.24. The van der Waals surface area contributed by atoms with Gasteiger partial charge in [0.05, 0.1) is 16.8 Å². The number of hydrogen-bond donors (Lipinski definition) is 1. The van der Waals surface area contributed by atoms with Crippen molar-refractivity contribution in [3.8, 4) is 23.5 Å². The fraction of sp³-hybridized carbons (Fsp3) is 0.0870. The summed E-state index contributed by atoms with van der Waals surface area (Å²) in [6, 6.07) is 15.4. The summed E-state index contributed by atoms with van der Waals surface area (Å²) in [5, 5.41) is 19.7. The summed E-state index contributed by atoms with van der Waals surface area (Å²) < 4.78 is 5.99. The van der Waals surface area contributed by atoms with Crippen LogP contribution < -0.4 is 5.73 Å². The highest BCUT2D eigenvalue weighted by atomic mass is 35.5. The van der Waals surface area contributed by atoms with Gasteiger partial charge in [0.1, 0.15) is 29.5 Å². The molecule has 3 aromatic rings. The summed E-state index contributed by atoms with van der Waals surface area (Å²) in [5.74, 6) is 1.44. The zero-order valence-electron chi connectivity index (χ0n) is 15.7. The van der Waals surface area contributed by atoms with E-state index in [9.17, 15) is 10.5 Å². The van der Waals surface area contributed by atoms with E-state index >= 15 is 0 Å². The van der Waals surface area contributed by atoms with E-state index in [-0.39, 0.29) is 5.82 Å². The first-order chi connectivity index (χ1) is 13.9. The number of nitrogen functional groups attached to an aromatic ring is 1. The third kappa shape index (κ3) is 2.99. The van der Waals surface area contributed by atoms with Crippen LogP contribution >= 0.6 is 11.6 Å². The number of hydrogen-bond acceptors (Lipinski definition) is 5. The average Bonchev–Trinajstić information content (AvgIpc) is 3.25. The lowest BCUT2D eigenvalue weighted by Crippen LogP contribution is -2.03. The molecular formula is C23H15ClN4O. The molecule has 0 fully saturated rings. The maximum absolute atomic E-state index is 9.64. The van der Waals surface area contributed by atoms with E-state index in [1.807, 2.05) is 50.3 Å². The molecule has 2 heterocycles. The van der Waals surface area contributed by atoms with Gasteiger partial charge in [-0.15, -0.1) is 0 Å². The van der Waals surface area contributed by atoms with Crippen LogP contribution in [0.2, 0.25) is 5.02 Å². The Bertz CT molecular complexity index is 1320. The zero-order valence-corrected chi connectivity index (χ0v) is 16.5. The standard InChI is InChI=1S/C23H15ClN4O/c1-12-17(9-16-6-7-20(29-16)14-4-3-5-15(24)8-14)21-13(2)19(11-26)23(27)28-22(21)18(12)10-25/h3-9H,1-2H3,(H2,27,28)/b17-9-. The van der Waals surface area contributed by atoms with Gasteiger partial charge < -0.3 is 10.2 Å². The minimum absolute atomic E-state index is 0.131. The molecule has 0 radical (unpaired) electrons. The Morgan fingerprint density at radius 1 is 1.14 bits per heavy atom. The number of nitrogens with two attached hydrogens (primary N) is 1. The molecule has 1 aliphatic carbocycles. The topological polar surface area (TPSA) is 99.6 Å². The summed E-state index contributed by atoms with van der Waals surface area (Å²) in [7, 11) is 0. The number of allylic oxidation sites excluding steroid dienone is 3. The van der Waals surface area contributed by atoms with Gasteiger partial charge in [0, 0.05) is 16.1 Å². The Morgan fingerprint density at radius 2 is 1.93 bits per heavy atom. The molecule has 0 aliphatic heterocycles. The molecular weight excluding hydrogens is 384 g/mol. The number of rotatable bonds is 2. The molecule has 0 saturated carbocycles. The number of anilines is 1. The quantitative estimate of drug-likeness (QED) is 0.604. The Balaban J connectivity index is 1.87. The van der Waals surface area contributed by atoms with Crippen LogP contribution in [0.25, 0.3) is 28.5 Å². The van der Waals surface area contributed by atoms with Crippen molar-refractivity contribution in [2.75, 3.05) is 5.73 Å². The van der Waals surface area contributed by atoms with Crippen molar-refractivity contribution < 1.29 is 4.42 Å². The van der Waals surface area contributed by atoms with Crippen molar-refractivity contribution in [1.29, 1.82) is 10.5 Å². The normalized spacial score (nSPS) is 14.0. The van der Waals surface area contributed by atoms with Crippen LogP contribution in [-0.4, -0.2) is 4.98 Å². The van der Waals surface area contributed by atoms with Gasteiger partial charge in [-0.25, -0.2) is 4.98 Å². The van der Waals surface area contributed by atoms with Gasteiger partial charge >= 0.3 is 0 Å². The van der Waals surface area contributed by atoms with Crippen molar-refractivity contribution in [3.63, 3.8) is 0 Å². The van der Waals surface area contributed by atoms with Gasteiger partial charge in [-0.05, 0) is 60.9 Å². The van der Waals surface area contributed by atoms with E-state index < -0.39 is 0 Å². The highest BCUT2D eigenvalue weighted by Gasteiger charge is 2.29. The van der Waals surface area contributed by atoms with E-state index in [1.165, 1.54) is 0 Å². The lowest BCUT2D eigenvalue weighted by atomic mass is 9.96. The van der Waals surface area contributed by atoms with E-state index in [0.717, 1.165) is 22.3 Å². The molecule has 0 atom stereocenters. The first-order valence-corrected chi connectivity index (χ1v) is 9.22. The SMILES string of the molecule is CC1=C(C#N)c2nc(N)c(C#N)c(C)c2/C1=C\c1ccc(-c2cccc(Cl)c2)o1. The Hall–Kier alpha value is -3.80. The maximum atomic E-state index is 9.64. The van der Waals surface area contributed by atoms with Gasteiger partial charge in [-0.2, -0.15) is 10.5 Å². The first kappa shape index (κ1) is 18.6. The molecule has 1 aromatic carbocycles. The highest BCUT2D eigenvalue weighted by Crippen LogP contribution is 2.44. The number of pyridine rings is 1. The van der Waals surface area contributed by atoms with Gasteiger partial charge in [-0.3, -0.25) is 0 Å². The van der Waals surface area contributed by atoms with Gasteiger partial charge in [0.25, 0.3) is 0 Å². The van der Waals surface area contributed by atoms with Crippen LogP contribution in [0.3, 0.4) is 0 Å². The summed E-state index contributed by atoms with van der Waals surface area (Å²) in [6.45, 7) is 3.67. The van der Waals surface area contributed by atoms with Crippen LogP contribution in [0.4, 0.5) is 5.82 Å². The second-order valence-electron chi connectivity index (χ2n) is 6.71.